The van der Waals surface area contributed by atoms with E-state index in [9.17, 15) is 28.8 Å². The highest BCUT2D eigenvalue weighted by molar-refractivity contribution is 5.90. The summed E-state index contributed by atoms with van der Waals surface area (Å²) in [5, 5.41) is 10.1. The van der Waals surface area contributed by atoms with E-state index >= 15 is 0 Å². The van der Waals surface area contributed by atoms with E-state index in [4.69, 9.17) is 10.5 Å². The molecular formula is C30H47N5O9. The molecule has 0 spiro atoms. The van der Waals surface area contributed by atoms with E-state index in [-0.39, 0.29) is 44.7 Å². The summed E-state index contributed by atoms with van der Waals surface area (Å²) in [6.07, 6.45) is 4.22. The highest BCUT2D eigenvalue weighted by atomic mass is 16.5. The van der Waals surface area contributed by atoms with E-state index < -0.39 is 54.0 Å². The van der Waals surface area contributed by atoms with Crippen LogP contribution in [-0.2, 0) is 44.8 Å². The number of nitrogens with two attached hydrogens (primary N) is 1. The number of urea groups is 1. The molecule has 14 heteroatoms. The molecule has 0 heterocycles. The highest BCUT2D eigenvalue weighted by Crippen LogP contribution is 2.07. The Morgan fingerprint density at radius 3 is 2.11 bits per heavy atom. The van der Waals surface area contributed by atoms with Gasteiger partial charge in [0.05, 0.1) is 20.8 Å². The van der Waals surface area contributed by atoms with E-state index in [2.05, 4.69) is 37.7 Å². The third-order valence-corrected chi connectivity index (χ3v) is 6.61. The Labute approximate surface area is 258 Å². The van der Waals surface area contributed by atoms with Gasteiger partial charge in [-0.3, -0.25) is 14.4 Å². The standard InChI is InChI=1S/C30H47N5O9/c1-5-6-7-11-17-25(36)34-24(29(40)44-19-21-13-9-8-10-14-21)18-32-30(41)35-23(16-12-15-22(31)28(39)43-4)26(37)33-20(2)27(38)42-3/h8-10,13-14,20,22-24H,5-7,11-12,15-19,31H2,1-4H3,(H,33,37)(H,34,36)(H2,32,35,41)/t20-,22?,23+,24?/m1/s1. The maximum absolute atomic E-state index is 12.9. The van der Waals surface area contributed by atoms with Crippen LogP contribution in [0.3, 0.4) is 0 Å². The number of nitrogens with one attached hydrogen (secondary N) is 4. The van der Waals surface area contributed by atoms with Crippen LogP contribution in [0.2, 0.25) is 0 Å². The summed E-state index contributed by atoms with van der Waals surface area (Å²) >= 11 is 0. The molecule has 0 bridgehead atoms. The molecule has 0 aliphatic heterocycles. The van der Waals surface area contributed by atoms with Crippen molar-refractivity contribution in [3.8, 4) is 0 Å². The first-order valence-electron chi connectivity index (χ1n) is 14.8. The predicted octanol–water partition coefficient (Wildman–Crippen LogP) is 1.20. The number of esters is 3. The van der Waals surface area contributed by atoms with Crippen molar-refractivity contribution in [2.24, 2.45) is 5.73 Å². The first-order chi connectivity index (χ1) is 21.0. The van der Waals surface area contributed by atoms with Crippen LogP contribution in [0.1, 0.15) is 70.8 Å². The van der Waals surface area contributed by atoms with Crippen LogP contribution in [0.4, 0.5) is 4.79 Å². The second-order valence-corrected chi connectivity index (χ2v) is 10.2. The molecule has 0 saturated carbocycles. The minimum absolute atomic E-state index is 0.0247. The fourth-order valence-electron chi connectivity index (χ4n) is 4.04. The SMILES string of the molecule is CCCCCCC(=O)NC(CNC(=O)N[C@@H](CCCC(N)C(=O)OC)C(=O)N[C@H](C)C(=O)OC)C(=O)OCc1ccccc1. The smallest absolute Gasteiger partial charge is 0.330 e. The summed E-state index contributed by atoms with van der Waals surface area (Å²) in [5.41, 5.74) is 6.52. The summed E-state index contributed by atoms with van der Waals surface area (Å²) in [4.78, 5) is 74.7. The minimum atomic E-state index is -1.19. The van der Waals surface area contributed by atoms with Crippen molar-refractivity contribution >= 4 is 35.8 Å². The van der Waals surface area contributed by atoms with Gasteiger partial charge in [0.15, 0.2) is 0 Å². The van der Waals surface area contributed by atoms with Gasteiger partial charge in [-0.2, -0.15) is 0 Å². The lowest BCUT2D eigenvalue weighted by Crippen LogP contribution is -2.55. The Balaban J connectivity index is 2.89. The molecule has 44 heavy (non-hydrogen) atoms. The van der Waals surface area contributed by atoms with Gasteiger partial charge in [0.1, 0.15) is 30.8 Å². The summed E-state index contributed by atoms with van der Waals surface area (Å²) in [5.74, 6) is -3.08. The molecule has 0 fully saturated rings. The average Bonchev–Trinajstić information content (AvgIpc) is 3.02. The topological polar surface area (TPSA) is 204 Å². The Hall–Kier alpha value is -4.20. The van der Waals surface area contributed by atoms with Gasteiger partial charge >= 0.3 is 23.9 Å². The highest BCUT2D eigenvalue weighted by Gasteiger charge is 2.27. The maximum atomic E-state index is 12.9. The van der Waals surface area contributed by atoms with Crippen LogP contribution in [0.25, 0.3) is 0 Å². The predicted molar refractivity (Wildman–Crippen MR) is 161 cm³/mol. The van der Waals surface area contributed by atoms with E-state index in [0.717, 1.165) is 24.8 Å². The van der Waals surface area contributed by atoms with E-state index in [0.29, 0.717) is 6.42 Å². The van der Waals surface area contributed by atoms with Crippen molar-refractivity contribution in [3.63, 3.8) is 0 Å². The average molecular weight is 622 g/mol. The van der Waals surface area contributed by atoms with Crippen molar-refractivity contribution in [3.05, 3.63) is 35.9 Å². The number of benzene rings is 1. The third-order valence-electron chi connectivity index (χ3n) is 6.61. The molecule has 2 unspecified atom stereocenters. The molecule has 246 valence electrons. The fraction of sp³-hybridized carbons (Fsp3) is 0.600. The van der Waals surface area contributed by atoms with Crippen LogP contribution < -0.4 is 27.0 Å². The zero-order chi connectivity index (χ0) is 32.9. The Bertz CT molecular complexity index is 1070. The van der Waals surface area contributed by atoms with Gasteiger partial charge in [-0.05, 0) is 38.2 Å². The quantitative estimate of drug-likeness (QED) is 0.0799. The zero-order valence-corrected chi connectivity index (χ0v) is 26.0. The normalized spacial score (nSPS) is 13.3. The number of rotatable bonds is 20. The molecule has 4 atom stereocenters. The van der Waals surface area contributed by atoms with Crippen LogP contribution in [0.5, 0.6) is 0 Å². The molecular weight excluding hydrogens is 574 g/mol. The molecule has 0 aliphatic carbocycles. The number of carbonyl (C=O) groups excluding carboxylic acids is 6. The van der Waals surface area contributed by atoms with Gasteiger partial charge in [0.25, 0.3) is 0 Å². The van der Waals surface area contributed by atoms with Gasteiger partial charge in [0, 0.05) is 6.42 Å². The molecule has 1 rings (SSSR count). The maximum Gasteiger partial charge on any atom is 0.330 e. The lowest BCUT2D eigenvalue weighted by molar-refractivity contribution is -0.149. The number of amides is 4. The number of unbranched alkanes of at least 4 members (excludes halogenated alkanes) is 3. The molecule has 0 aliphatic rings. The van der Waals surface area contributed by atoms with Crippen LogP contribution in [0, 0.1) is 0 Å². The van der Waals surface area contributed by atoms with Gasteiger partial charge in [-0.1, -0.05) is 56.5 Å². The number of carbonyl (C=O) groups is 6. The van der Waals surface area contributed by atoms with E-state index in [1.807, 2.05) is 6.07 Å². The second-order valence-electron chi connectivity index (χ2n) is 10.2. The van der Waals surface area contributed by atoms with Crippen LogP contribution in [0.15, 0.2) is 30.3 Å². The molecule has 0 saturated heterocycles. The molecule has 1 aromatic rings. The molecule has 1 aromatic carbocycles. The van der Waals surface area contributed by atoms with Crippen LogP contribution in [-0.4, -0.2) is 80.7 Å². The van der Waals surface area contributed by atoms with Crippen molar-refractivity contribution in [1.29, 1.82) is 0 Å². The third kappa shape index (κ3) is 15.3. The van der Waals surface area contributed by atoms with Gasteiger partial charge in [-0.25, -0.2) is 14.4 Å². The Morgan fingerprint density at radius 1 is 0.795 bits per heavy atom. The molecule has 0 aromatic heterocycles. The minimum Gasteiger partial charge on any atom is -0.468 e. The number of hydrogen-bond donors (Lipinski definition) is 5. The first-order valence-corrected chi connectivity index (χ1v) is 14.8. The summed E-state index contributed by atoms with van der Waals surface area (Å²) < 4.78 is 14.6. The summed E-state index contributed by atoms with van der Waals surface area (Å²) in [6.45, 7) is 3.13. The van der Waals surface area contributed by atoms with E-state index in [1.54, 1.807) is 24.3 Å². The van der Waals surface area contributed by atoms with Crippen LogP contribution >= 0.6 is 0 Å². The Kier molecular flexibility index (Phi) is 18.5. The number of hydrogen-bond acceptors (Lipinski definition) is 10. The van der Waals surface area contributed by atoms with E-state index in [1.165, 1.54) is 21.1 Å². The van der Waals surface area contributed by atoms with Crippen molar-refractivity contribution in [2.45, 2.75) is 96.0 Å². The fourth-order valence-corrected chi connectivity index (χ4v) is 4.04. The van der Waals surface area contributed by atoms with Gasteiger partial charge in [-0.15, -0.1) is 0 Å². The summed E-state index contributed by atoms with van der Waals surface area (Å²) in [7, 11) is 2.38. The van der Waals surface area contributed by atoms with Crippen molar-refractivity contribution in [2.75, 3.05) is 20.8 Å². The number of ether oxygens (including phenoxy) is 3. The van der Waals surface area contributed by atoms with Gasteiger partial charge in [0.2, 0.25) is 11.8 Å². The van der Waals surface area contributed by atoms with Crippen molar-refractivity contribution in [1.82, 2.24) is 21.3 Å². The van der Waals surface area contributed by atoms with Gasteiger partial charge < -0.3 is 41.2 Å². The first kappa shape index (κ1) is 37.8. The second kappa shape index (κ2) is 21.5. The molecule has 6 N–H and O–H groups in total. The van der Waals surface area contributed by atoms with Crippen molar-refractivity contribution < 1.29 is 43.0 Å². The Morgan fingerprint density at radius 2 is 1.48 bits per heavy atom. The summed E-state index contributed by atoms with van der Waals surface area (Å²) in [6, 6.07) is 3.94. The molecule has 4 amide bonds. The molecule has 0 radical (unpaired) electrons. The number of methoxy groups -OCH3 is 2. The lowest BCUT2D eigenvalue weighted by Gasteiger charge is -2.22. The monoisotopic (exact) mass is 621 g/mol. The molecule has 14 nitrogen and oxygen atoms in total. The lowest BCUT2D eigenvalue weighted by atomic mass is 10.0. The largest absolute Gasteiger partial charge is 0.468 e. The zero-order valence-electron chi connectivity index (χ0n) is 26.0.